The molecule has 0 aliphatic heterocycles. The molecule has 0 N–H and O–H groups in total. The van der Waals surface area contributed by atoms with Crippen LogP contribution in [0.25, 0.3) is 0 Å². The van der Waals surface area contributed by atoms with Gasteiger partial charge >= 0.3 is 5.97 Å². The van der Waals surface area contributed by atoms with Crippen LogP contribution in [0.1, 0.15) is 36.5 Å². The van der Waals surface area contributed by atoms with Crippen LogP contribution in [0.15, 0.2) is 24.3 Å². The maximum absolute atomic E-state index is 11.8. The lowest BCUT2D eigenvalue weighted by molar-refractivity contribution is -0.384. The van der Waals surface area contributed by atoms with E-state index in [0.717, 1.165) is 19.3 Å². The fourth-order valence-electron chi connectivity index (χ4n) is 2.21. The third-order valence-electron chi connectivity index (χ3n) is 3.36. The van der Waals surface area contributed by atoms with Gasteiger partial charge in [0.05, 0.1) is 10.5 Å². The lowest BCUT2D eigenvalue weighted by Crippen LogP contribution is -2.20. The number of carbonyl (C=O) groups is 1. The summed E-state index contributed by atoms with van der Waals surface area (Å²) in [5.41, 5.74) is 0.334. The van der Waals surface area contributed by atoms with Gasteiger partial charge in [0.2, 0.25) is 0 Å². The Bertz CT molecular complexity index is 455. The number of nitro benzene ring substituents is 1. The molecule has 1 fully saturated rings. The Morgan fingerprint density at radius 3 is 2.50 bits per heavy atom. The van der Waals surface area contributed by atoms with Crippen LogP contribution in [0.3, 0.4) is 0 Å². The highest BCUT2D eigenvalue weighted by molar-refractivity contribution is 5.89. The number of carbonyl (C=O) groups excluding carboxylic acids is 1. The van der Waals surface area contributed by atoms with Crippen molar-refractivity contribution in [2.75, 3.05) is 0 Å². The minimum absolute atomic E-state index is 0.0207. The second-order valence-corrected chi connectivity index (χ2v) is 4.66. The van der Waals surface area contributed by atoms with Gasteiger partial charge in [-0.1, -0.05) is 6.92 Å². The molecule has 1 aliphatic carbocycles. The molecule has 0 heterocycles. The van der Waals surface area contributed by atoms with Crippen molar-refractivity contribution in [1.29, 1.82) is 0 Å². The van der Waals surface area contributed by atoms with E-state index in [9.17, 15) is 14.9 Å². The summed E-state index contributed by atoms with van der Waals surface area (Å²) in [4.78, 5) is 21.8. The molecule has 0 bridgehead atoms. The molecular formula is C13H15NO4. The maximum Gasteiger partial charge on any atom is 0.338 e. The van der Waals surface area contributed by atoms with Gasteiger partial charge in [-0.2, -0.15) is 0 Å². The molecule has 1 aromatic carbocycles. The van der Waals surface area contributed by atoms with E-state index < -0.39 is 10.9 Å². The average Bonchev–Trinajstić information content (AvgIpc) is 2.75. The number of hydrogen-bond donors (Lipinski definition) is 0. The largest absolute Gasteiger partial charge is 0.459 e. The van der Waals surface area contributed by atoms with Crippen molar-refractivity contribution in [1.82, 2.24) is 0 Å². The molecule has 0 radical (unpaired) electrons. The van der Waals surface area contributed by atoms with E-state index in [-0.39, 0.29) is 11.8 Å². The van der Waals surface area contributed by atoms with Gasteiger partial charge in [0.15, 0.2) is 0 Å². The van der Waals surface area contributed by atoms with Crippen molar-refractivity contribution in [3.63, 3.8) is 0 Å². The molecule has 0 saturated heterocycles. The molecule has 0 aromatic heterocycles. The standard InChI is InChI=1S/C13H15NO4/c1-9-3-2-4-12(9)18-13(15)10-5-7-11(8-6-10)14(16)17/h5-9,12H,2-4H2,1H3/t9-,12+/m0/s1. The number of nitro groups is 1. The molecule has 0 amide bonds. The van der Waals surface area contributed by atoms with E-state index in [4.69, 9.17) is 4.74 Å². The Morgan fingerprint density at radius 1 is 1.33 bits per heavy atom. The van der Waals surface area contributed by atoms with Gasteiger partial charge in [-0.15, -0.1) is 0 Å². The molecule has 0 unspecified atom stereocenters. The topological polar surface area (TPSA) is 69.4 Å². The minimum Gasteiger partial charge on any atom is -0.459 e. The molecule has 96 valence electrons. The minimum atomic E-state index is -0.492. The Balaban J connectivity index is 2.02. The monoisotopic (exact) mass is 249 g/mol. The van der Waals surface area contributed by atoms with Crippen LogP contribution < -0.4 is 0 Å². The summed E-state index contributed by atoms with van der Waals surface area (Å²) in [5.74, 6) is -0.00403. The Hall–Kier alpha value is -1.91. The van der Waals surface area contributed by atoms with Gasteiger partial charge in [0.25, 0.3) is 5.69 Å². The van der Waals surface area contributed by atoms with E-state index >= 15 is 0 Å². The van der Waals surface area contributed by atoms with Gasteiger partial charge in [0, 0.05) is 12.1 Å². The van der Waals surface area contributed by atoms with Gasteiger partial charge in [0.1, 0.15) is 6.10 Å². The molecule has 5 heteroatoms. The zero-order valence-corrected chi connectivity index (χ0v) is 10.2. The lowest BCUT2D eigenvalue weighted by Gasteiger charge is -2.16. The number of benzene rings is 1. The Labute approximate surface area is 105 Å². The highest BCUT2D eigenvalue weighted by atomic mass is 16.6. The van der Waals surface area contributed by atoms with E-state index in [1.165, 1.54) is 24.3 Å². The third kappa shape index (κ3) is 2.67. The van der Waals surface area contributed by atoms with Crippen LogP contribution in [0.2, 0.25) is 0 Å². The Kier molecular flexibility index (Phi) is 3.60. The normalized spacial score (nSPS) is 22.7. The predicted octanol–water partition coefficient (Wildman–Crippen LogP) is 2.94. The van der Waals surface area contributed by atoms with Crippen LogP contribution in [-0.2, 0) is 4.74 Å². The first-order valence-corrected chi connectivity index (χ1v) is 6.03. The van der Waals surface area contributed by atoms with Crippen molar-refractivity contribution < 1.29 is 14.5 Å². The molecule has 5 nitrogen and oxygen atoms in total. The summed E-state index contributed by atoms with van der Waals surface area (Å²) in [6, 6.07) is 5.49. The average molecular weight is 249 g/mol. The molecular weight excluding hydrogens is 234 g/mol. The van der Waals surface area contributed by atoms with Crippen molar-refractivity contribution >= 4 is 11.7 Å². The van der Waals surface area contributed by atoms with Crippen molar-refractivity contribution in [3.05, 3.63) is 39.9 Å². The first kappa shape index (κ1) is 12.5. The van der Waals surface area contributed by atoms with Crippen LogP contribution in [0.4, 0.5) is 5.69 Å². The summed E-state index contributed by atoms with van der Waals surface area (Å²) in [6.07, 6.45) is 3.05. The van der Waals surface area contributed by atoms with Crippen LogP contribution >= 0.6 is 0 Å². The molecule has 18 heavy (non-hydrogen) atoms. The Morgan fingerprint density at radius 2 is 2.00 bits per heavy atom. The second kappa shape index (κ2) is 5.16. The summed E-state index contributed by atoms with van der Waals surface area (Å²) in [7, 11) is 0. The summed E-state index contributed by atoms with van der Waals surface area (Å²) in [6.45, 7) is 2.07. The fraction of sp³-hybridized carbons (Fsp3) is 0.462. The van der Waals surface area contributed by atoms with Crippen molar-refractivity contribution in [2.45, 2.75) is 32.3 Å². The first-order chi connectivity index (χ1) is 8.58. The van der Waals surface area contributed by atoms with E-state index in [0.29, 0.717) is 11.5 Å². The number of ether oxygens (including phenoxy) is 1. The van der Waals surface area contributed by atoms with Crippen LogP contribution in [0, 0.1) is 16.0 Å². The van der Waals surface area contributed by atoms with Crippen molar-refractivity contribution in [3.8, 4) is 0 Å². The maximum atomic E-state index is 11.8. The smallest absolute Gasteiger partial charge is 0.338 e. The predicted molar refractivity (Wildman–Crippen MR) is 65.3 cm³/mol. The zero-order valence-electron chi connectivity index (χ0n) is 10.2. The number of esters is 1. The number of rotatable bonds is 3. The third-order valence-corrected chi connectivity index (χ3v) is 3.36. The van der Waals surface area contributed by atoms with E-state index in [1.54, 1.807) is 0 Å². The molecule has 2 rings (SSSR count). The molecule has 1 aliphatic rings. The number of non-ortho nitro benzene ring substituents is 1. The lowest BCUT2D eigenvalue weighted by atomic mass is 10.1. The van der Waals surface area contributed by atoms with Gasteiger partial charge in [-0.25, -0.2) is 4.79 Å². The highest BCUT2D eigenvalue weighted by Gasteiger charge is 2.27. The van der Waals surface area contributed by atoms with Gasteiger partial charge in [-0.05, 0) is 37.3 Å². The van der Waals surface area contributed by atoms with Crippen molar-refractivity contribution in [2.24, 2.45) is 5.92 Å². The summed E-state index contributed by atoms with van der Waals surface area (Å²) >= 11 is 0. The zero-order chi connectivity index (χ0) is 13.1. The van der Waals surface area contributed by atoms with E-state index in [2.05, 4.69) is 6.92 Å². The van der Waals surface area contributed by atoms with Gasteiger partial charge in [-0.3, -0.25) is 10.1 Å². The summed E-state index contributed by atoms with van der Waals surface area (Å²) in [5, 5.41) is 10.5. The molecule has 1 aromatic rings. The van der Waals surface area contributed by atoms with Crippen LogP contribution in [0.5, 0.6) is 0 Å². The number of hydrogen-bond acceptors (Lipinski definition) is 4. The fourth-order valence-corrected chi connectivity index (χ4v) is 2.21. The van der Waals surface area contributed by atoms with Gasteiger partial charge < -0.3 is 4.74 Å². The molecule has 0 spiro atoms. The van der Waals surface area contributed by atoms with E-state index in [1.807, 2.05) is 0 Å². The number of nitrogens with zero attached hydrogens (tertiary/aromatic N) is 1. The second-order valence-electron chi connectivity index (χ2n) is 4.66. The molecule has 1 saturated carbocycles. The summed E-state index contributed by atoms with van der Waals surface area (Å²) < 4.78 is 5.40. The molecule has 2 atom stereocenters. The SMILES string of the molecule is C[C@H]1CCC[C@H]1OC(=O)c1ccc([N+](=O)[O-])cc1. The highest BCUT2D eigenvalue weighted by Crippen LogP contribution is 2.28. The quantitative estimate of drug-likeness (QED) is 0.469. The first-order valence-electron chi connectivity index (χ1n) is 6.03. The van der Waals surface area contributed by atoms with Crippen LogP contribution in [-0.4, -0.2) is 17.0 Å².